The van der Waals surface area contributed by atoms with E-state index in [0.29, 0.717) is 5.56 Å². The lowest BCUT2D eigenvalue weighted by molar-refractivity contribution is 0.0737. The normalized spacial score (nSPS) is 19.8. The molecule has 0 aliphatic carbocycles. The molecule has 88 valence electrons. The molecule has 3 nitrogen and oxygen atoms in total. The van der Waals surface area contributed by atoms with Crippen molar-refractivity contribution in [3.63, 3.8) is 0 Å². The lowest BCUT2D eigenvalue weighted by Crippen LogP contribution is -2.29. The molecule has 3 rings (SSSR count). The molecule has 0 bridgehead atoms. The van der Waals surface area contributed by atoms with Gasteiger partial charge in [0, 0.05) is 11.4 Å². The molecular weight excluding hydrogens is 234 g/mol. The van der Waals surface area contributed by atoms with Gasteiger partial charge in [0.15, 0.2) is 0 Å². The van der Waals surface area contributed by atoms with Crippen LogP contribution < -0.4 is 0 Å². The van der Waals surface area contributed by atoms with Crippen LogP contribution in [-0.2, 0) is 0 Å². The zero-order chi connectivity index (χ0) is 11.7. The molecule has 0 unspecified atom stereocenters. The first kappa shape index (κ1) is 10.6. The van der Waals surface area contributed by atoms with Gasteiger partial charge in [-0.2, -0.15) is 0 Å². The summed E-state index contributed by atoms with van der Waals surface area (Å²) in [6.07, 6.45) is 5.20. The summed E-state index contributed by atoms with van der Waals surface area (Å²) in [4.78, 5) is 15.5. The highest BCUT2D eigenvalue weighted by Gasteiger charge is 2.31. The summed E-state index contributed by atoms with van der Waals surface area (Å²) in [7, 11) is 0. The van der Waals surface area contributed by atoms with E-state index in [9.17, 15) is 4.79 Å². The van der Waals surface area contributed by atoms with Crippen LogP contribution in [0.15, 0.2) is 40.5 Å². The number of amides is 1. The van der Waals surface area contributed by atoms with Crippen LogP contribution in [0.2, 0.25) is 0 Å². The largest absolute Gasteiger partial charge is 0.472 e. The summed E-state index contributed by atoms with van der Waals surface area (Å²) >= 11 is 1.72. The van der Waals surface area contributed by atoms with Gasteiger partial charge in [0.1, 0.15) is 6.26 Å². The number of furan rings is 1. The van der Waals surface area contributed by atoms with Crippen LogP contribution in [0.1, 0.15) is 34.1 Å². The molecule has 0 N–H and O–H groups in total. The maximum Gasteiger partial charge on any atom is 0.257 e. The van der Waals surface area contributed by atoms with Gasteiger partial charge < -0.3 is 9.32 Å². The van der Waals surface area contributed by atoms with Crippen molar-refractivity contribution in [2.24, 2.45) is 0 Å². The number of carbonyl (C=O) groups excluding carboxylic acids is 1. The molecule has 0 radical (unpaired) electrons. The van der Waals surface area contributed by atoms with E-state index < -0.39 is 0 Å². The van der Waals surface area contributed by atoms with Gasteiger partial charge >= 0.3 is 0 Å². The first-order valence-electron chi connectivity index (χ1n) is 5.73. The first-order valence-corrected chi connectivity index (χ1v) is 6.61. The van der Waals surface area contributed by atoms with E-state index in [4.69, 9.17) is 4.42 Å². The van der Waals surface area contributed by atoms with Gasteiger partial charge in [0.2, 0.25) is 0 Å². The van der Waals surface area contributed by atoms with Crippen LogP contribution in [-0.4, -0.2) is 17.4 Å². The molecule has 1 saturated heterocycles. The Morgan fingerprint density at radius 3 is 3.12 bits per heavy atom. The average Bonchev–Trinajstić information content (AvgIpc) is 3.09. The summed E-state index contributed by atoms with van der Waals surface area (Å²) in [5.41, 5.74) is 0.647. The average molecular weight is 247 g/mol. The molecule has 1 aliphatic heterocycles. The zero-order valence-electron chi connectivity index (χ0n) is 9.33. The van der Waals surface area contributed by atoms with Gasteiger partial charge in [-0.1, -0.05) is 6.07 Å². The van der Waals surface area contributed by atoms with Crippen molar-refractivity contribution in [3.8, 4) is 0 Å². The Hall–Kier alpha value is -1.55. The standard InChI is InChI=1S/C13H13NO2S/c15-13(10-5-7-16-9-10)14-6-1-3-11(14)12-4-2-8-17-12/h2,4-5,7-9,11H,1,3,6H2/t11-/m0/s1. The van der Waals surface area contributed by atoms with E-state index in [1.807, 2.05) is 11.0 Å². The monoisotopic (exact) mass is 247 g/mol. The SMILES string of the molecule is O=C(c1ccoc1)N1CCC[C@H]1c1cccs1. The molecule has 1 atom stereocenters. The molecule has 2 aromatic heterocycles. The molecule has 1 fully saturated rings. The van der Waals surface area contributed by atoms with E-state index in [1.165, 1.54) is 11.1 Å². The smallest absolute Gasteiger partial charge is 0.257 e. The fourth-order valence-electron chi connectivity index (χ4n) is 2.34. The summed E-state index contributed by atoms with van der Waals surface area (Å²) in [5.74, 6) is 0.0784. The summed E-state index contributed by atoms with van der Waals surface area (Å²) in [6.45, 7) is 0.840. The van der Waals surface area contributed by atoms with Crippen molar-refractivity contribution in [2.75, 3.05) is 6.54 Å². The van der Waals surface area contributed by atoms with Gasteiger partial charge in [0.05, 0.1) is 17.9 Å². The topological polar surface area (TPSA) is 33.5 Å². The second-order valence-corrected chi connectivity index (χ2v) is 5.16. The Morgan fingerprint density at radius 2 is 2.41 bits per heavy atom. The summed E-state index contributed by atoms with van der Waals surface area (Å²) < 4.78 is 4.98. The third kappa shape index (κ3) is 1.89. The van der Waals surface area contributed by atoms with Gasteiger partial charge in [-0.05, 0) is 30.4 Å². The molecule has 1 aliphatic rings. The molecule has 1 amide bonds. The zero-order valence-corrected chi connectivity index (χ0v) is 10.2. The van der Waals surface area contributed by atoms with Gasteiger partial charge in [0.25, 0.3) is 5.91 Å². The maximum atomic E-state index is 12.3. The van der Waals surface area contributed by atoms with Crippen molar-refractivity contribution in [1.82, 2.24) is 4.90 Å². The lowest BCUT2D eigenvalue weighted by atomic mass is 10.1. The van der Waals surface area contributed by atoms with Crippen molar-refractivity contribution >= 4 is 17.2 Å². The highest BCUT2D eigenvalue weighted by molar-refractivity contribution is 7.10. The molecular formula is C13H13NO2S. The molecule has 3 heterocycles. The summed E-state index contributed by atoms with van der Waals surface area (Å²) in [5, 5.41) is 2.06. The van der Waals surface area contributed by atoms with Crippen LogP contribution in [0, 0.1) is 0 Å². The quantitative estimate of drug-likeness (QED) is 0.815. The third-order valence-electron chi connectivity index (χ3n) is 3.15. The number of nitrogens with zero attached hydrogens (tertiary/aromatic N) is 1. The van der Waals surface area contributed by atoms with E-state index in [1.54, 1.807) is 23.7 Å². The molecule has 0 aromatic carbocycles. The molecule has 0 spiro atoms. The van der Waals surface area contributed by atoms with Crippen molar-refractivity contribution in [2.45, 2.75) is 18.9 Å². The number of hydrogen-bond donors (Lipinski definition) is 0. The molecule has 17 heavy (non-hydrogen) atoms. The van der Waals surface area contributed by atoms with Crippen molar-refractivity contribution < 1.29 is 9.21 Å². The predicted molar refractivity (Wildman–Crippen MR) is 66.0 cm³/mol. The Bertz CT molecular complexity index is 489. The number of rotatable bonds is 2. The van der Waals surface area contributed by atoms with Crippen molar-refractivity contribution in [3.05, 3.63) is 46.5 Å². The second-order valence-electron chi connectivity index (χ2n) is 4.18. The number of hydrogen-bond acceptors (Lipinski definition) is 3. The maximum absolute atomic E-state index is 12.3. The number of carbonyl (C=O) groups is 1. The predicted octanol–water partition coefficient (Wildman–Crippen LogP) is 3.32. The third-order valence-corrected chi connectivity index (χ3v) is 4.13. The number of likely N-dealkylation sites (tertiary alicyclic amines) is 1. The Balaban J connectivity index is 1.85. The minimum absolute atomic E-state index is 0.0784. The van der Waals surface area contributed by atoms with Crippen molar-refractivity contribution in [1.29, 1.82) is 0 Å². The molecule has 4 heteroatoms. The van der Waals surface area contributed by atoms with Crippen LogP contribution in [0.5, 0.6) is 0 Å². The van der Waals surface area contributed by atoms with E-state index in [2.05, 4.69) is 11.4 Å². The first-order chi connectivity index (χ1) is 8.36. The van der Waals surface area contributed by atoms with Crippen LogP contribution >= 0.6 is 11.3 Å². The Labute approximate surface area is 104 Å². The van der Waals surface area contributed by atoms with Crippen LogP contribution in [0.25, 0.3) is 0 Å². The van der Waals surface area contributed by atoms with Crippen LogP contribution in [0.4, 0.5) is 0 Å². The second kappa shape index (κ2) is 4.37. The van der Waals surface area contributed by atoms with E-state index in [-0.39, 0.29) is 11.9 Å². The van der Waals surface area contributed by atoms with Crippen LogP contribution in [0.3, 0.4) is 0 Å². The highest BCUT2D eigenvalue weighted by atomic mass is 32.1. The summed E-state index contributed by atoms with van der Waals surface area (Å²) in [6, 6.07) is 6.12. The van der Waals surface area contributed by atoms with Gasteiger partial charge in [-0.15, -0.1) is 11.3 Å². The fraction of sp³-hybridized carbons (Fsp3) is 0.308. The Kier molecular flexibility index (Phi) is 2.73. The Morgan fingerprint density at radius 1 is 1.47 bits per heavy atom. The fourth-order valence-corrected chi connectivity index (χ4v) is 3.21. The van der Waals surface area contributed by atoms with E-state index >= 15 is 0 Å². The minimum Gasteiger partial charge on any atom is -0.472 e. The number of thiophene rings is 1. The lowest BCUT2D eigenvalue weighted by Gasteiger charge is -2.23. The molecule has 2 aromatic rings. The highest BCUT2D eigenvalue weighted by Crippen LogP contribution is 2.35. The van der Waals surface area contributed by atoms with Gasteiger partial charge in [-0.25, -0.2) is 0 Å². The minimum atomic E-state index is 0.0784. The molecule has 0 saturated carbocycles. The van der Waals surface area contributed by atoms with Gasteiger partial charge in [-0.3, -0.25) is 4.79 Å². The van der Waals surface area contributed by atoms with E-state index in [0.717, 1.165) is 19.4 Å².